The van der Waals surface area contributed by atoms with Crippen LogP contribution < -0.4 is 14.9 Å². The van der Waals surface area contributed by atoms with Crippen molar-refractivity contribution < 1.29 is 13.9 Å². The standard InChI is InChI=1S/C27H21BrN2O4S2/c1-3-33-25(32)22-16(2)29-27-30(23(22)17-10-6-4-7-11-17)24(31)21(36-27)15-18-14-20(28)26(34-18)35-19-12-8-5-9-13-19/h4-15,23H,3H2,1-2H3/b21-15+/t23-/m0/s1. The summed E-state index contributed by atoms with van der Waals surface area (Å²) in [6, 6.07) is 20.6. The number of esters is 1. The van der Waals surface area contributed by atoms with Crippen molar-refractivity contribution in [1.29, 1.82) is 0 Å². The molecule has 0 amide bonds. The Morgan fingerprint density at radius 3 is 2.58 bits per heavy atom. The molecule has 0 unspecified atom stereocenters. The predicted molar refractivity (Wildman–Crippen MR) is 144 cm³/mol. The minimum atomic E-state index is -0.629. The lowest BCUT2D eigenvalue weighted by Gasteiger charge is -2.24. The molecule has 0 saturated heterocycles. The number of halogens is 1. The molecule has 0 radical (unpaired) electrons. The van der Waals surface area contributed by atoms with Crippen molar-refractivity contribution in [3.05, 3.63) is 113 Å². The van der Waals surface area contributed by atoms with Crippen LogP contribution in [-0.4, -0.2) is 17.1 Å². The van der Waals surface area contributed by atoms with Gasteiger partial charge in [-0.25, -0.2) is 9.79 Å². The normalized spacial score (nSPS) is 15.5. The Morgan fingerprint density at radius 2 is 1.89 bits per heavy atom. The molecular formula is C27H21BrN2O4S2. The van der Waals surface area contributed by atoms with Gasteiger partial charge in [0.15, 0.2) is 9.89 Å². The molecule has 0 saturated carbocycles. The maximum absolute atomic E-state index is 13.7. The van der Waals surface area contributed by atoms with Crippen LogP contribution >= 0.6 is 39.0 Å². The number of ether oxygens (including phenoxy) is 1. The molecule has 36 heavy (non-hydrogen) atoms. The molecule has 5 rings (SSSR count). The fourth-order valence-corrected chi connectivity index (χ4v) is 6.35. The van der Waals surface area contributed by atoms with E-state index in [9.17, 15) is 9.59 Å². The highest BCUT2D eigenvalue weighted by molar-refractivity contribution is 9.10. The number of hydrogen-bond donors (Lipinski definition) is 0. The van der Waals surface area contributed by atoms with E-state index >= 15 is 0 Å². The largest absolute Gasteiger partial charge is 0.463 e. The summed E-state index contributed by atoms with van der Waals surface area (Å²) in [5.74, 6) is 0.0718. The molecule has 2 aromatic heterocycles. The number of furan rings is 1. The lowest BCUT2D eigenvalue weighted by atomic mass is 9.96. The van der Waals surface area contributed by atoms with Crippen molar-refractivity contribution in [1.82, 2.24) is 4.57 Å². The second-order valence-electron chi connectivity index (χ2n) is 7.91. The molecule has 1 aliphatic rings. The first-order chi connectivity index (χ1) is 17.5. The van der Waals surface area contributed by atoms with E-state index in [0.29, 0.717) is 31.5 Å². The summed E-state index contributed by atoms with van der Waals surface area (Å²) in [5.41, 5.74) is 1.47. The van der Waals surface area contributed by atoms with E-state index in [4.69, 9.17) is 9.15 Å². The van der Waals surface area contributed by atoms with Gasteiger partial charge in [-0.05, 0) is 53.5 Å². The number of thiazole rings is 1. The topological polar surface area (TPSA) is 73.8 Å². The Labute approximate surface area is 223 Å². The summed E-state index contributed by atoms with van der Waals surface area (Å²) in [7, 11) is 0. The van der Waals surface area contributed by atoms with Gasteiger partial charge in [0.05, 0.1) is 32.9 Å². The Kier molecular flexibility index (Phi) is 7.13. The summed E-state index contributed by atoms with van der Waals surface area (Å²) in [5, 5.41) is 0.697. The van der Waals surface area contributed by atoms with Crippen molar-refractivity contribution in [3.8, 4) is 0 Å². The van der Waals surface area contributed by atoms with Crippen LogP contribution in [0.1, 0.15) is 31.2 Å². The van der Waals surface area contributed by atoms with Crippen LogP contribution in [0.4, 0.5) is 0 Å². The monoisotopic (exact) mass is 580 g/mol. The number of allylic oxidation sites excluding steroid dienone is 1. The van der Waals surface area contributed by atoms with Gasteiger partial charge >= 0.3 is 5.97 Å². The van der Waals surface area contributed by atoms with Gasteiger partial charge < -0.3 is 9.15 Å². The summed E-state index contributed by atoms with van der Waals surface area (Å²) >= 11 is 6.32. The first kappa shape index (κ1) is 24.5. The molecule has 0 bridgehead atoms. The molecule has 4 aromatic rings. The van der Waals surface area contributed by atoms with Crippen LogP contribution in [0, 0.1) is 0 Å². The number of carbonyl (C=O) groups is 1. The van der Waals surface area contributed by atoms with E-state index in [1.807, 2.05) is 66.7 Å². The van der Waals surface area contributed by atoms with Gasteiger partial charge in [0.25, 0.3) is 5.56 Å². The third-order valence-corrected chi connectivity index (χ3v) is 8.36. The highest BCUT2D eigenvalue weighted by Gasteiger charge is 2.33. The Hall–Kier alpha value is -3.14. The van der Waals surface area contributed by atoms with E-state index < -0.39 is 12.0 Å². The van der Waals surface area contributed by atoms with E-state index in [-0.39, 0.29) is 12.2 Å². The maximum atomic E-state index is 13.7. The number of carbonyl (C=O) groups excluding carboxylic acids is 1. The minimum absolute atomic E-state index is 0.234. The number of fused-ring (bicyclic) bond motifs is 1. The van der Waals surface area contributed by atoms with Crippen molar-refractivity contribution in [2.45, 2.75) is 29.9 Å². The van der Waals surface area contributed by atoms with Crippen molar-refractivity contribution >= 4 is 51.1 Å². The van der Waals surface area contributed by atoms with Crippen molar-refractivity contribution in [3.63, 3.8) is 0 Å². The average molecular weight is 582 g/mol. The number of hydrogen-bond acceptors (Lipinski definition) is 7. The van der Waals surface area contributed by atoms with Gasteiger partial charge in [-0.1, -0.05) is 71.6 Å². The zero-order chi connectivity index (χ0) is 25.2. The lowest BCUT2D eigenvalue weighted by Crippen LogP contribution is -2.39. The van der Waals surface area contributed by atoms with Gasteiger partial charge in [0, 0.05) is 11.0 Å². The summed E-state index contributed by atoms with van der Waals surface area (Å²) in [6.45, 7) is 3.76. The second kappa shape index (κ2) is 10.5. The first-order valence-corrected chi connectivity index (χ1v) is 13.7. The summed E-state index contributed by atoms with van der Waals surface area (Å²) < 4.78 is 14.2. The molecule has 3 heterocycles. The van der Waals surface area contributed by atoms with Crippen LogP contribution in [-0.2, 0) is 9.53 Å². The molecule has 6 nitrogen and oxygen atoms in total. The van der Waals surface area contributed by atoms with Gasteiger partial charge in [0.2, 0.25) is 0 Å². The molecule has 182 valence electrons. The third-order valence-electron chi connectivity index (χ3n) is 5.53. The van der Waals surface area contributed by atoms with Crippen LogP contribution in [0.5, 0.6) is 0 Å². The van der Waals surface area contributed by atoms with Crippen LogP contribution in [0.15, 0.2) is 107 Å². The Bertz CT molecular complexity index is 1640. The van der Waals surface area contributed by atoms with Crippen molar-refractivity contribution in [2.75, 3.05) is 6.61 Å². The minimum Gasteiger partial charge on any atom is -0.463 e. The molecular weight excluding hydrogens is 560 g/mol. The van der Waals surface area contributed by atoms with Crippen molar-refractivity contribution in [2.24, 2.45) is 4.99 Å². The molecule has 9 heteroatoms. The fraction of sp³-hybridized carbons (Fsp3) is 0.148. The van der Waals surface area contributed by atoms with Crippen LogP contribution in [0.3, 0.4) is 0 Å². The molecule has 0 fully saturated rings. The van der Waals surface area contributed by atoms with Gasteiger partial charge in [-0.15, -0.1) is 0 Å². The Balaban J connectivity index is 1.60. The number of benzene rings is 2. The summed E-state index contributed by atoms with van der Waals surface area (Å²) in [6.07, 6.45) is 1.72. The molecule has 0 aliphatic carbocycles. The van der Waals surface area contributed by atoms with E-state index in [1.54, 1.807) is 24.5 Å². The van der Waals surface area contributed by atoms with Crippen LogP contribution in [0.2, 0.25) is 0 Å². The molecule has 1 atom stereocenters. The average Bonchev–Trinajstić information content (AvgIpc) is 3.37. The van der Waals surface area contributed by atoms with Gasteiger partial charge in [-0.3, -0.25) is 9.36 Å². The SMILES string of the molecule is CCOC(=O)C1=C(C)N=c2s/c(=C/c3cc(Br)c(Sc4ccccc4)o3)c(=O)n2[C@H]1c1ccccc1. The third kappa shape index (κ3) is 4.78. The molecule has 1 aliphatic heterocycles. The lowest BCUT2D eigenvalue weighted by molar-refractivity contribution is -0.139. The Morgan fingerprint density at radius 1 is 1.19 bits per heavy atom. The van der Waals surface area contributed by atoms with E-state index in [0.717, 1.165) is 14.9 Å². The molecule has 2 aromatic carbocycles. The first-order valence-electron chi connectivity index (χ1n) is 11.2. The number of nitrogens with zero attached hydrogens (tertiary/aromatic N) is 2. The van der Waals surface area contributed by atoms with Gasteiger partial charge in [0.1, 0.15) is 5.76 Å². The number of aromatic nitrogens is 1. The smallest absolute Gasteiger partial charge is 0.338 e. The zero-order valence-electron chi connectivity index (χ0n) is 19.4. The summed E-state index contributed by atoms with van der Waals surface area (Å²) in [4.78, 5) is 32.8. The molecule has 0 N–H and O–H groups in total. The van der Waals surface area contributed by atoms with E-state index in [1.165, 1.54) is 23.1 Å². The molecule has 0 spiro atoms. The van der Waals surface area contributed by atoms with E-state index in [2.05, 4.69) is 20.9 Å². The highest BCUT2D eigenvalue weighted by Crippen LogP contribution is 2.36. The zero-order valence-corrected chi connectivity index (χ0v) is 22.7. The maximum Gasteiger partial charge on any atom is 0.338 e. The van der Waals surface area contributed by atoms with Gasteiger partial charge in [-0.2, -0.15) is 0 Å². The number of rotatable bonds is 6. The quantitative estimate of drug-likeness (QED) is 0.289. The highest BCUT2D eigenvalue weighted by atomic mass is 79.9. The fourth-order valence-electron chi connectivity index (χ4n) is 3.98. The van der Waals surface area contributed by atoms with Crippen LogP contribution in [0.25, 0.3) is 6.08 Å². The predicted octanol–water partition coefficient (Wildman–Crippen LogP) is 5.31. The second-order valence-corrected chi connectivity index (χ2v) is 10.8.